The number of nitrogens with one attached hydrogen (secondary N) is 2. The van der Waals surface area contributed by atoms with Gasteiger partial charge in [0.25, 0.3) is 5.91 Å². The Balaban J connectivity index is 1.82. The first-order chi connectivity index (χ1) is 15.3. The maximum Gasteiger partial charge on any atom is 0.416 e. The molecule has 1 atom stereocenters. The second-order valence-corrected chi connectivity index (χ2v) is 6.83. The van der Waals surface area contributed by atoms with E-state index >= 15 is 0 Å². The summed E-state index contributed by atoms with van der Waals surface area (Å²) in [6.07, 6.45) is -1.62. The van der Waals surface area contributed by atoms with Crippen molar-refractivity contribution in [2.45, 2.75) is 18.6 Å². The van der Waals surface area contributed by atoms with E-state index in [1.54, 1.807) is 25.3 Å². The van der Waals surface area contributed by atoms with E-state index in [1.165, 1.54) is 18.3 Å². The Bertz CT molecular complexity index is 990. The van der Waals surface area contributed by atoms with Gasteiger partial charge in [-0.1, -0.05) is 0 Å². The molecule has 1 unspecified atom stereocenters. The largest absolute Gasteiger partial charge is 0.491 e. The van der Waals surface area contributed by atoms with E-state index in [0.717, 1.165) is 18.2 Å². The molecule has 2 aromatic rings. The van der Waals surface area contributed by atoms with Crippen LogP contribution in [0.15, 0.2) is 54.7 Å². The number of ether oxygens (including phenoxy) is 3. The first-order valence-corrected chi connectivity index (χ1v) is 9.64. The van der Waals surface area contributed by atoms with Crippen molar-refractivity contribution in [1.29, 1.82) is 0 Å². The summed E-state index contributed by atoms with van der Waals surface area (Å²) >= 11 is 0. The lowest BCUT2D eigenvalue weighted by atomic mass is 10.1. The van der Waals surface area contributed by atoms with Gasteiger partial charge in [0.2, 0.25) is 5.91 Å². The number of hydrogen-bond donors (Lipinski definition) is 2. The van der Waals surface area contributed by atoms with Crippen molar-refractivity contribution in [1.82, 2.24) is 10.6 Å². The van der Waals surface area contributed by atoms with Crippen LogP contribution in [0.4, 0.5) is 13.2 Å². The molecule has 1 aliphatic rings. The van der Waals surface area contributed by atoms with Gasteiger partial charge in [-0.2, -0.15) is 13.2 Å². The predicted molar refractivity (Wildman–Crippen MR) is 108 cm³/mol. The normalized spacial score (nSPS) is 15.8. The van der Waals surface area contributed by atoms with Crippen LogP contribution in [0.1, 0.15) is 22.3 Å². The summed E-state index contributed by atoms with van der Waals surface area (Å²) in [6, 6.07) is 8.22. The monoisotopic (exact) mass is 450 g/mol. The molecule has 1 heterocycles. The summed E-state index contributed by atoms with van der Waals surface area (Å²) in [5.74, 6) is -0.477. The maximum atomic E-state index is 13.2. The van der Waals surface area contributed by atoms with Gasteiger partial charge in [0, 0.05) is 13.3 Å². The van der Waals surface area contributed by atoms with Gasteiger partial charge in [0.15, 0.2) is 0 Å². The first kappa shape index (κ1) is 23.1. The summed E-state index contributed by atoms with van der Waals surface area (Å²) in [7, 11) is 1.54. The maximum absolute atomic E-state index is 13.2. The van der Waals surface area contributed by atoms with Gasteiger partial charge in [-0.25, -0.2) is 0 Å². The minimum atomic E-state index is -4.61. The fourth-order valence-electron chi connectivity index (χ4n) is 2.87. The van der Waals surface area contributed by atoms with Crippen LogP contribution >= 0.6 is 0 Å². The molecule has 0 fully saturated rings. The Kier molecular flexibility index (Phi) is 7.37. The summed E-state index contributed by atoms with van der Waals surface area (Å²) in [5, 5.41) is 5.08. The third-order valence-corrected chi connectivity index (χ3v) is 4.46. The molecule has 0 saturated heterocycles. The highest BCUT2D eigenvalue weighted by Gasteiger charge is 2.32. The lowest BCUT2D eigenvalue weighted by molar-refractivity contribution is -0.137. The molecule has 0 spiro atoms. The highest BCUT2D eigenvalue weighted by atomic mass is 19.4. The van der Waals surface area contributed by atoms with E-state index in [4.69, 9.17) is 14.2 Å². The van der Waals surface area contributed by atoms with E-state index in [1.807, 2.05) is 0 Å². The standard InChI is InChI=1S/C22H21F3N2O5/c1-30-10-11-31-16-3-5-17(6-4-16)32-19-12-14(22(23,24)25)2-7-18(19)21(29)27-15-8-9-26-20(28)13-15/h2-9,12,15H,10-11,13H2,1H3,(H,26,28)(H,27,29). The van der Waals surface area contributed by atoms with Crippen LogP contribution in [0.25, 0.3) is 0 Å². The molecule has 7 nitrogen and oxygen atoms in total. The molecule has 2 N–H and O–H groups in total. The van der Waals surface area contributed by atoms with Gasteiger partial charge in [0.05, 0.1) is 30.2 Å². The van der Waals surface area contributed by atoms with Crippen molar-refractivity contribution in [2.24, 2.45) is 0 Å². The molecule has 32 heavy (non-hydrogen) atoms. The number of alkyl halides is 3. The molecule has 0 saturated carbocycles. The van der Waals surface area contributed by atoms with E-state index in [2.05, 4.69) is 10.6 Å². The smallest absolute Gasteiger partial charge is 0.416 e. The molecular formula is C22H21F3N2O5. The molecule has 0 aliphatic carbocycles. The zero-order valence-electron chi connectivity index (χ0n) is 17.1. The zero-order valence-corrected chi connectivity index (χ0v) is 17.1. The van der Waals surface area contributed by atoms with Crippen LogP contribution in [0, 0.1) is 0 Å². The molecule has 0 radical (unpaired) electrons. The number of halogens is 3. The number of hydrogen-bond acceptors (Lipinski definition) is 5. The van der Waals surface area contributed by atoms with Gasteiger partial charge in [-0.15, -0.1) is 0 Å². The second-order valence-electron chi connectivity index (χ2n) is 6.83. The van der Waals surface area contributed by atoms with Gasteiger partial charge in [0.1, 0.15) is 23.9 Å². The summed E-state index contributed by atoms with van der Waals surface area (Å²) < 4.78 is 55.6. The number of benzene rings is 2. The Labute approximate surface area is 182 Å². The first-order valence-electron chi connectivity index (χ1n) is 9.64. The zero-order chi connectivity index (χ0) is 23.1. The Morgan fingerprint density at radius 1 is 1.12 bits per heavy atom. The van der Waals surface area contributed by atoms with Crippen molar-refractivity contribution >= 4 is 11.8 Å². The van der Waals surface area contributed by atoms with Crippen molar-refractivity contribution in [2.75, 3.05) is 20.3 Å². The lowest BCUT2D eigenvalue weighted by Gasteiger charge is -2.19. The lowest BCUT2D eigenvalue weighted by Crippen LogP contribution is -2.40. The highest BCUT2D eigenvalue weighted by molar-refractivity contribution is 5.98. The van der Waals surface area contributed by atoms with Crippen molar-refractivity contribution in [3.63, 3.8) is 0 Å². The van der Waals surface area contributed by atoms with E-state index in [0.29, 0.717) is 19.0 Å². The fourth-order valence-corrected chi connectivity index (χ4v) is 2.87. The van der Waals surface area contributed by atoms with Crippen LogP contribution in [0.5, 0.6) is 17.2 Å². The average Bonchev–Trinajstić information content (AvgIpc) is 2.74. The molecule has 1 aliphatic heterocycles. The SMILES string of the molecule is COCCOc1ccc(Oc2cc(C(F)(F)F)ccc2C(=O)NC2C=CNC(=O)C2)cc1. The van der Waals surface area contributed by atoms with Crippen LogP contribution in [0.3, 0.4) is 0 Å². The molecule has 2 amide bonds. The van der Waals surface area contributed by atoms with Gasteiger partial charge < -0.3 is 24.8 Å². The average molecular weight is 450 g/mol. The molecule has 0 bridgehead atoms. The quantitative estimate of drug-likeness (QED) is 0.600. The Hall–Kier alpha value is -3.53. The van der Waals surface area contributed by atoms with Crippen LogP contribution in [-0.2, 0) is 15.7 Å². The van der Waals surface area contributed by atoms with Gasteiger partial charge >= 0.3 is 6.18 Å². The summed E-state index contributed by atoms with van der Waals surface area (Å²) in [4.78, 5) is 24.2. The molecular weight excluding hydrogens is 429 g/mol. The predicted octanol–water partition coefficient (Wildman–Crippen LogP) is 3.65. The number of rotatable bonds is 8. The Morgan fingerprint density at radius 3 is 2.50 bits per heavy atom. The van der Waals surface area contributed by atoms with E-state index in [-0.39, 0.29) is 29.4 Å². The van der Waals surface area contributed by atoms with E-state index < -0.39 is 23.7 Å². The minimum absolute atomic E-state index is 0.0175. The fraction of sp³-hybridized carbons (Fsp3) is 0.273. The van der Waals surface area contributed by atoms with Crippen LogP contribution < -0.4 is 20.1 Å². The minimum Gasteiger partial charge on any atom is -0.491 e. The molecule has 2 aromatic carbocycles. The molecule has 10 heteroatoms. The topological polar surface area (TPSA) is 85.9 Å². The van der Waals surface area contributed by atoms with Crippen molar-refractivity contribution < 1.29 is 37.0 Å². The van der Waals surface area contributed by atoms with Gasteiger partial charge in [-0.3, -0.25) is 9.59 Å². The summed E-state index contributed by atoms with van der Waals surface area (Å²) in [6.45, 7) is 0.737. The van der Waals surface area contributed by atoms with Crippen LogP contribution in [0.2, 0.25) is 0 Å². The number of methoxy groups -OCH3 is 1. The number of carbonyl (C=O) groups is 2. The van der Waals surface area contributed by atoms with Gasteiger partial charge in [-0.05, 0) is 48.5 Å². The molecule has 3 rings (SSSR count). The molecule has 170 valence electrons. The summed E-state index contributed by atoms with van der Waals surface area (Å²) in [5.41, 5.74) is -1.06. The van der Waals surface area contributed by atoms with Crippen molar-refractivity contribution in [3.05, 3.63) is 65.9 Å². The molecule has 0 aromatic heterocycles. The second kappa shape index (κ2) is 10.2. The third kappa shape index (κ3) is 6.24. The third-order valence-electron chi connectivity index (χ3n) is 4.46. The van der Waals surface area contributed by atoms with Crippen molar-refractivity contribution in [3.8, 4) is 17.2 Å². The van der Waals surface area contributed by atoms with Crippen LogP contribution in [-0.4, -0.2) is 38.2 Å². The highest BCUT2D eigenvalue weighted by Crippen LogP contribution is 2.35. The number of amides is 2. The van der Waals surface area contributed by atoms with E-state index in [9.17, 15) is 22.8 Å². The number of carbonyl (C=O) groups excluding carboxylic acids is 2. The Morgan fingerprint density at radius 2 is 1.84 bits per heavy atom.